The third-order valence-electron chi connectivity index (χ3n) is 4.38. The van der Waals surface area contributed by atoms with Crippen molar-refractivity contribution in [3.63, 3.8) is 0 Å². The minimum absolute atomic E-state index is 0.0111. The van der Waals surface area contributed by atoms with Crippen molar-refractivity contribution < 1.29 is 23.4 Å². The highest BCUT2D eigenvalue weighted by Crippen LogP contribution is 2.35. The molecule has 2 aromatic rings. The summed E-state index contributed by atoms with van der Waals surface area (Å²) in [5.41, 5.74) is 0.180. The van der Waals surface area contributed by atoms with E-state index in [2.05, 4.69) is 4.74 Å². The van der Waals surface area contributed by atoms with E-state index >= 15 is 0 Å². The van der Waals surface area contributed by atoms with Crippen LogP contribution in [0.25, 0.3) is 11.1 Å². The normalized spacial score (nSPS) is 14.3. The van der Waals surface area contributed by atoms with Gasteiger partial charge in [0.15, 0.2) is 0 Å². The van der Waals surface area contributed by atoms with Gasteiger partial charge in [0.25, 0.3) is 5.56 Å². The molecule has 7 nitrogen and oxygen atoms in total. The maximum Gasteiger partial charge on any atom is 0.330 e. The van der Waals surface area contributed by atoms with Crippen LogP contribution < -0.4 is 10.3 Å². The van der Waals surface area contributed by atoms with E-state index in [0.717, 1.165) is 6.07 Å². The number of esters is 1. The first-order chi connectivity index (χ1) is 13.8. The Balaban J connectivity index is 1.98. The Morgan fingerprint density at radius 1 is 1.28 bits per heavy atom. The number of fused-ring (bicyclic) bond motifs is 1. The number of rotatable bonds is 5. The first kappa shape index (κ1) is 21.4. The lowest BCUT2D eigenvalue weighted by molar-refractivity contribution is -0.134. The summed E-state index contributed by atoms with van der Waals surface area (Å²) in [6.07, 6.45) is 1.27. The number of hydrogen-bond donors (Lipinski definition) is 0. The summed E-state index contributed by atoms with van der Waals surface area (Å²) in [4.78, 5) is 24.1. The van der Waals surface area contributed by atoms with Crippen molar-refractivity contribution in [1.82, 2.24) is 9.36 Å². The summed E-state index contributed by atoms with van der Waals surface area (Å²) < 4.78 is 33.2. The van der Waals surface area contributed by atoms with Crippen LogP contribution in [0.15, 0.2) is 28.6 Å². The maximum atomic E-state index is 14.7. The molecule has 29 heavy (non-hydrogen) atoms. The van der Waals surface area contributed by atoms with Crippen LogP contribution in [0.2, 0.25) is 10.2 Å². The van der Waals surface area contributed by atoms with Gasteiger partial charge in [-0.05, 0) is 24.6 Å². The third kappa shape index (κ3) is 4.49. The molecule has 0 unspecified atom stereocenters. The Bertz CT molecular complexity index is 1030. The first-order valence-electron chi connectivity index (χ1n) is 8.77. The molecule has 0 aliphatic carbocycles. The van der Waals surface area contributed by atoms with Crippen LogP contribution in [0, 0.1) is 5.82 Å². The third-order valence-corrected chi connectivity index (χ3v) is 5.06. The number of methoxy groups -OCH3 is 1. The zero-order valence-corrected chi connectivity index (χ0v) is 17.3. The number of halogens is 3. The molecule has 2 heterocycles. The van der Waals surface area contributed by atoms with Crippen molar-refractivity contribution in [2.75, 3.05) is 26.9 Å². The Labute approximate surface area is 176 Å². The van der Waals surface area contributed by atoms with Gasteiger partial charge in [0.1, 0.15) is 23.3 Å². The predicted molar refractivity (Wildman–Crippen MR) is 106 cm³/mol. The molecule has 1 aliphatic rings. The summed E-state index contributed by atoms with van der Waals surface area (Å²) in [5.74, 6) is -1.05. The molecule has 0 fully saturated rings. The second kappa shape index (κ2) is 9.02. The van der Waals surface area contributed by atoms with E-state index in [9.17, 15) is 14.0 Å². The number of carbonyl (C=O) groups is 1. The molecule has 0 saturated carbocycles. The number of carbonyl (C=O) groups excluding carboxylic acids is 1. The molecule has 156 valence electrons. The maximum absolute atomic E-state index is 14.7. The monoisotopic (exact) mass is 444 g/mol. The fourth-order valence-electron chi connectivity index (χ4n) is 2.96. The van der Waals surface area contributed by atoms with Crippen LogP contribution in [0.5, 0.6) is 5.75 Å². The smallest absolute Gasteiger partial charge is 0.330 e. The molecule has 0 amide bonds. The second-order valence-corrected chi connectivity index (χ2v) is 7.16. The van der Waals surface area contributed by atoms with Crippen LogP contribution in [-0.2, 0) is 27.4 Å². The standard InChI is InChI=1S/C19H19Cl2FN2O5/c1-11(7-16(25)27-2)10-29-15-8-12(14(22)9-13(15)20)17-18(21)23-3-5-28-6-4-24(23)19(17)26/h7-9H,3-6,10H2,1-2H3/b11-7-. The summed E-state index contributed by atoms with van der Waals surface area (Å²) >= 11 is 12.5. The van der Waals surface area contributed by atoms with Gasteiger partial charge in [0.05, 0.1) is 44.0 Å². The van der Waals surface area contributed by atoms with Gasteiger partial charge in [-0.15, -0.1) is 0 Å². The minimum atomic E-state index is -0.694. The van der Waals surface area contributed by atoms with Gasteiger partial charge in [-0.25, -0.2) is 13.9 Å². The van der Waals surface area contributed by atoms with E-state index < -0.39 is 17.3 Å². The molecule has 10 heteroatoms. The lowest BCUT2D eigenvalue weighted by Gasteiger charge is -2.11. The molecule has 3 rings (SSSR count). The fourth-order valence-corrected chi connectivity index (χ4v) is 3.52. The van der Waals surface area contributed by atoms with Gasteiger partial charge in [-0.3, -0.25) is 9.48 Å². The van der Waals surface area contributed by atoms with Crippen molar-refractivity contribution in [2.24, 2.45) is 0 Å². The second-order valence-electron chi connectivity index (χ2n) is 6.39. The van der Waals surface area contributed by atoms with Gasteiger partial charge >= 0.3 is 5.97 Å². The fraction of sp³-hybridized carbons (Fsp3) is 0.368. The number of benzene rings is 1. The van der Waals surface area contributed by atoms with Crippen LogP contribution in [-0.4, -0.2) is 42.3 Å². The molecular weight excluding hydrogens is 426 g/mol. The molecular formula is C19H19Cl2FN2O5. The lowest BCUT2D eigenvalue weighted by atomic mass is 10.1. The van der Waals surface area contributed by atoms with Gasteiger partial charge < -0.3 is 14.2 Å². The van der Waals surface area contributed by atoms with Gasteiger partial charge in [0, 0.05) is 11.6 Å². The molecule has 0 saturated heterocycles. The molecule has 0 radical (unpaired) electrons. The van der Waals surface area contributed by atoms with Gasteiger partial charge in [-0.2, -0.15) is 0 Å². The quantitative estimate of drug-likeness (QED) is 0.522. The topological polar surface area (TPSA) is 71.7 Å². The zero-order valence-electron chi connectivity index (χ0n) is 15.8. The highest BCUT2D eigenvalue weighted by Gasteiger charge is 2.24. The number of ether oxygens (including phenoxy) is 3. The van der Waals surface area contributed by atoms with Crippen molar-refractivity contribution in [2.45, 2.75) is 20.0 Å². The number of nitrogens with zero attached hydrogens (tertiary/aromatic N) is 2. The summed E-state index contributed by atoms with van der Waals surface area (Å²) in [5, 5.41) is 0.150. The van der Waals surface area contributed by atoms with Crippen molar-refractivity contribution in [1.29, 1.82) is 0 Å². The van der Waals surface area contributed by atoms with Crippen molar-refractivity contribution in [3.8, 4) is 16.9 Å². The van der Waals surface area contributed by atoms with Crippen LogP contribution in [0.1, 0.15) is 6.92 Å². The summed E-state index contributed by atoms with van der Waals surface area (Å²) in [7, 11) is 1.27. The molecule has 0 bridgehead atoms. The first-order valence-corrected chi connectivity index (χ1v) is 9.53. The number of aromatic nitrogens is 2. The SMILES string of the molecule is COC(=O)/C=C(/C)COc1cc(-c2c(Cl)n3n(c2=O)CCOCC3)c(F)cc1Cl. The highest BCUT2D eigenvalue weighted by atomic mass is 35.5. The molecule has 0 N–H and O–H groups in total. The average molecular weight is 445 g/mol. The van der Waals surface area contributed by atoms with Crippen LogP contribution in [0.4, 0.5) is 4.39 Å². The van der Waals surface area contributed by atoms with Crippen LogP contribution >= 0.6 is 23.2 Å². The van der Waals surface area contributed by atoms with E-state index in [-0.39, 0.29) is 33.7 Å². The Morgan fingerprint density at radius 2 is 1.97 bits per heavy atom. The lowest BCUT2D eigenvalue weighted by Crippen LogP contribution is -2.23. The van der Waals surface area contributed by atoms with Gasteiger partial charge in [0.2, 0.25) is 0 Å². The minimum Gasteiger partial charge on any atom is -0.488 e. The van der Waals surface area contributed by atoms with E-state index in [1.807, 2.05) is 0 Å². The molecule has 1 aromatic carbocycles. The predicted octanol–water partition coefficient (Wildman–Crippen LogP) is 3.29. The van der Waals surface area contributed by atoms with Crippen molar-refractivity contribution >= 4 is 29.2 Å². The summed E-state index contributed by atoms with van der Waals surface area (Å²) in [6, 6.07) is 2.40. The molecule has 0 spiro atoms. The van der Waals surface area contributed by atoms with Gasteiger partial charge in [-0.1, -0.05) is 23.2 Å². The average Bonchev–Trinajstić information content (AvgIpc) is 2.85. The van der Waals surface area contributed by atoms with E-state index in [1.165, 1.54) is 23.9 Å². The largest absolute Gasteiger partial charge is 0.488 e. The molecule has 0 atom stereocenters. The van der Waals surface area contributed by atoms with Crippen molar-refractivity contribution in [3.05, 3.63) is 50.1 Å². The Morgan fingerprint density at radius 3 is 2.66 bits per heavy atom. The Kier molecular flexibility index (Phi) is 6.66. The number of hydrogen-bond acceptors (Lipinski definition) is 5. The van der Waals surface area contributed by atoms with E-state index in [0.29, 0.717) is 31.9 Å². The Hall–Kier alpha value is -2.29. The summed E-state index contributed by atoms with van der Waals surface area (Å²) in [6.45, 7) is 3.15. The highest BCUT2D eigenvalue weighted by molar-refractivity contribution is 6.33. The van der Waals surface area contributed by atoms with Crippen LogP contribution in [0.3, 0.4) is 0 Å². The van der Waals surface area contributed by atoms with E-state index in [4.69, 9.17) is 32.7 Å². The molecule has 1 aromatic heterocycles. The van der Waals surface area contributed by atoms with E-state index in [1.54, 1.807) is 11.6 Å². The molecule has 1 aliphatic heterocycles. The zero-order chi connectivity index (χ0) is 21.1.